The van der Waals surface area contributed by atoms with E-state index in [1.165, 1.54) is 0 Å². The molecule has 3 heterocycles. The van der Waals surface area contributed by atoms with Crippen LogP contribution in [0, 0.1) is 6.92 Å². The van der Waals surface area contributed by atoms with Crippen molar-refractivity contribution in [3.05, 3.63) is 66.5 Å². The molecule has 6 nitrogen and oxygen atoms in total. The van der Waals surface area contributed by atoms with Crippen molar-refractivity contribution in [2.45, 2.75) is 32.2 Å². The number of hydrogen-bond donors (Lipinski definition) is 3. The molecule has 148 valence electrons. The standard InChI is InChI=1S/C23H25N5O/c1-5-8-15-12-24-23(29)17-11-19(27-20(15)17)16-9-7-10-18-21(16)28-22(14(4)26-18)25-13(3)6-2/h5-7,9-11,13,15,27H,1-2,8,12H2,3-4H3,(H,24,29)(H,25,28)/t13-,15?/m1/s1. The Bertz CT molecular complexity index is 1110. The Hall–Kier alpha value is -3.41. The lowest BCUT2D eigenvalue weighted by Gasteiger charge is -2.21. The number of aromatic amines is 1. The molecular weight excluding hydrogens is 362 g/mol. The molecule has 0 aliphatic carbocycles. The molecule has 0 saturated heterocycles. The highest BCUT2D eigenvalue weighted by Gasteiger charge is 2.27. The molecule has 1 aliphatic rings. The molecule has 1 aliphatic heterocycles. The lowest BCUT2D eigenvalue weighted by atomic mass is 9.94. The van der Waals surface area contributed by atoms with E-state index in [0.717, 1.165) is 45.9 Å². The number of benzene rings is 1. The lowest BCUT2D eigenvalue weighted by Crippen LogP contribution is -2.34. The third-order valence-electron chi connectivity index (χ3n) is 5.34. The first-order valence-electron chi connectivity index (χ1n) is 9.80. The van der Waals surface area contributed by atoms with Crippen LogP contribution in [0.5, 0.6) is 0 Å². The molecule has 1 amide bonds. The predicted octanol–water partition coefficient (Wildman–Crippen LogP) is 4.32. The zero-order valence-electron chi connectivity index (χ0n) is 16.7. The van der Waals surface area contributed by atoms with Gasteiger partial charge in [-0.2, -0.15) is 0 Å². The van der Waals surface area contributed by atoms with Crippen LogP contribution in [0.1, 0.15) is 41.0 Å². The molecule has 3 N–H and O–H groups in total. The van der Waals surface area contributed by atoms with Crippen LogP contribution in [0.25, 0.3) is 22.3 Å². The number of allylic oxidation sites excluding steroid dienone is 1. The molecule has 0 bridgehead atoms. The van der Waals surface area contributed by atoms with E-state index in [1.54, 1.807) is 0 Å². The van der Waals surface area contributed by atoms with Crippen molar-refractivity contribution in [1.29, 1.82) is 0 Å². The molecule has 2 atom stereocenters. The summed E-state index contributed by atoms with van der Waals surface area (Å²) in [7, 11) is 0. The SMILES string of the molecule is C=CCC1CNC(=O)c2cc(-c3cccc4nc(C)c(N[C@H](C)C=C)nc34)[nH]c21. The minimum absolute atomic E-state index is 0.0489. The second-order valence-corrected chi connectivity index (χ2v) is 7.44. The molecule has 6 heteroatoms. The summed E-state index contributed by atoms with van der Waals surface area (Å²) in [6.45, 7) is 12.2. The van der Waals surface area contributed by atoms with Gasteiger partial charge in [-0.25, -0.2) is 9.97 Å². The fourth-order valence-electron chi connectivity index (χ4n) is 3.74. The molecule has 0 saturated carbocycles. The average molecular weight is 387 g/mol. The van der Waals surface area contributed by atoms with Gasteiger partial charge in [-0.3, -0.25) is 4.79 Å². The Balaban J connectivity index is 1.85. The largest absolute Gasteiger partial charge is 0.363 e. The number of H-pyrrole nitrogens is 1. The van der Waals surface area contributed by atoms with E-state index in [2.05, 4.69) is 28.8 Å². The van der Waals surface area contributed by atoms with Crippen LogP contribution in [0.4, 0.5) is 5.82 Å². The van der Waals surface area contributed by atoms with Gasteiger partial charge < -0.3 is 15.6 Å². The predicted molar refractivity (Wildman–Crippen MR) is 117 cm³/mol. The third kappa shape index (κ3) is 3.42. The number of aryl methyl sites for hydroxylation is 1. The van der Waals surface area contributed by atoms with E-state index in [0.29, 0.717) is 12.1 Å². The summed E-state index contributed by atoms with van der Waals surface area (Å²) in [6.07, 6.45) is 4.52. The van der Waals surface area contributed by atoms with Crippen LogP contribution in [0.15, 0.2) is 49.6 Å². The number of fused-ring (bicyclic) bond motifs is 2. The summed E-state index contributed by atoms with van der Waals surface area (Å²) in [6, 6.07) is 7.91. The van der Waals surface area contributed by atoms with Gasteiger partial charge in [-0.15, -0.1) is 13.2 Å². The van der Waals surface area contributed by atoms with E-state index in [1.807, 2.05) is 50.3 Å². The molecule has 0 fully saturated rings. The summed E-state index contributed by atoms with van der Waals surface area (Å²) in [5.74, 6) is 0.881. The summed E-state index contributed by atoms with van der Waals surface area (Å²) < 4.78 is 0. The first kappa shape index (κ1) is 18.9. The number of anilines is 1. The topological polar surface area (TPSA) is 82.7 Å². The number of rotatable bonds is 6. The molecule has 0 radical (unpaired) electrons. The van der Waals surface area contributed by atoms with Crippen molar-refractivity contribution >= 4 is 22.8 Å². The van der Waals surface area contributed by atoms with Gasteiger partial charge in [0.1, 0.15) is 11.3 Å². The number of aromatic nitrogens is 3. The molecule has 29 heavy (non-hydrogen) atoms. The van der Waals surface area contributed by atoms with Gasteiger partial charge in [0, 0.05) is 35.5 Å². The van der Waals surface area contributed by atoms with Gasteiger partial charge in [0.2, 0.25) is 0 Å². The number of para-hydroxylation sites is 1. The second-order valence-electron chi connectivity index (χ2n) is 7.44. The van der Waals surface area contributed by atoms with E-state index < -0.39 is 0 Å². The van der Waals surface area contributed by atoms with Crippen molar-refractivity contribution in [2.24, 2.45) is 0 Å². The van der Waals surface area contributed by atoms with Gasteiger partial charge in [0.25, 0.3) is 5.91 Å². The van der Waals surface area contributed by atoms with Crippen molar-refractivity contribution in [1.82, 2.24) is 20.3 Å². The normalized spacial score (nSPS) is 16.8. The summed E-state index contributed by atoms with van der Waals surface area (Å²) >= 11 is 0. The lowest BCUT2D eigenvalue weighted by molar-refractivity contribution is 0.0940. The van der Waals surface area contributed by atoms with Crippen molar-refractivity contribution in [2.75, 3.05) is 11.9 Å². The van der Waals surface area contributed by atoms with Crippen LogP contribution in [-0.4, -0.2) is 33.4 Å². The summed E-state index contributed by atoms with van der Waals surface area (Å²) in [5, 5.41) is 6.30. The van der Waals surface area contributed by atoms with Gasteiger partial charge in [0.05, 0.1) is 16.8 Å². The first-order chi connectivity index (χ1) is 14.0. The maximum absolute atomic E-state index is 12.4. The second kappa shape index (κ2) is 7.54. The Morgan fingerprint density at radius 1 is 1.31 bits per heavy atom. The number of nitrogens with zero attached hydrogens (tertiary/aromatic N) is 2. The number of nitrogens with one attached hydrogen (secondary N) is 3. The summed E-state index contributed by atoms with van der Waals surface area (Å²) in [4.78, 5) is 25.5. The Kier molecular flexibility index (Phi) is 4.92. The highest BCUT2D eigenvalue weighted by atomic mass is 16.1. The fraction of sp³-hybridized carbons (Fsp3) is 0.261. The minimum atomic E-state index is -0.0489. The Morgan fingerprint density at radius 2 is 2.14 bits per heavy atom. The number of carbonyl (C=O) groups is 1. The van der Waals surface area contributed by atoms with E-state index in [4.69, 9.17) is 9.97 Å². The summed E-state index contributed by atoms with van der Waals surface area (Å²) in [5.41, 5.74) is 5.87. The van der Waals surface area contributed by atoms with Crippen LogP contribution in [0.3, 0.4) is 0 Å². The highest BCUT2D eigenvalue weighted by Crippen LogP contribution is 2.34. The van der Waals surface area contributed by atoms with Gasteiger partial charge >= 0.3 is 0 Å². The zero-order chi connectivity index (χ0) is 20.5. The third-order valence-corrected chi connectivity index (χ3v) is 5.34. The van der Waals surface area contributed by atoms with E-state index >= 15 is 0 Å². The Labute approximate surface area is 170 Å². The van der Waals surface area contributed by atoms with Gasteiger partial charge in [0.15, 0.2) is 0 Å². The molecule has 0 spiro atoms. The van der Waals surface area contributed by atoms with Crippen LogP contribution >= 0.6 is 0 Å². The Morgan fingerprint density at radius 3 is 2.90 bits per heavy atom. The van der Waals surface area contributed by atoms with E-state index in [9.17, 15) is 4.79 Å². The first-order valence-corrected chi connectivity index (χ1v) is 9.80. The number of hydrogen-bond acceptors (Lipinski definition) is 4. The fourth-order valence-corrected chi connectivity index (χ4v) is 3.74. The van der Waals surface area contributed by atoms with Crippen molar-refractivity contribution < 1.29 is 4.79 Å². The number of carbonyl (C=O) groups excluding carboxylic acids is 1. The van der Waals surface area contributed by atoms with Crippen LogP contribution in [0.2, 0.25) is 0 Å². The van der Waals surface area contributed by atoms with E-state index in [-0.39, 0.29) is 17.9 Å². The maximum atomic E-state index is 12.4. The monoisotopic (exact) mass is 387 g/mol. The molecule has 1 aromatic carbocycles. The molecule has 3 aromatic rings. The smallest absolute Gasteiger partial charge is 0.253 e. The zero-order valence-corrected chi connectivity index (χ0v) is 16.7. The molecule has 1 unspecified atom stereocenters. The molecular formula is C23H25N5O. The molecule has 4 rings (SSSR count). The average Bonchev–Trinajstić information content (AvgIpc) is 3.16. The van der Waals surface area contributed by atoms with Crippen LogP contribution < -0.4 is 10.6 Å². The number of amides is 1. The maximum Gasteiger partial charge on any atom is 0.253 e. The molecule has 2 aromatic heterocycles. The van der Waals surface area contributed by atoms with Crippen molar-refractivity contribution in [3.8, 4) is 11.3 Å². The van der Waals surface area contributed by atoms with Crippen molar-refractivity contribution in [3.63, 3.8) is 0 Å². The quantitative estimate of drug-likeness (QED) is 0.550. The minimum Gasteiger partial charge on any atom is -0.363 e. The van der Waals surface area contributed by atoms with Gasteiger partial charge in [-0.1, -0.05) is 24.3 Å². The highest BCUT2D eigenvalue weighted by molar-refractivity contribution is 6.00. The van der Waals surface area contributed by atoms with Gasteiger partial charge in [-0.05, 0) is 32.4 Å². The van der Waals surface area contributed by atoms with Crippen LogP contribution in [-0.2, 0) is 0 Å².